The molecule has 3 N–H and O–H groups in total. The van der Waals surface area contributed by atoms with Crippen LogP contribution in [0.15, 0.2) is 18.2 Å². The summed E-state index contributed by atoms with van der Waals surface area (Å²) >= 11 is 0. The van der Waals surface area contributed by atoms with Crippen molar-refractivity contribution in [3.8, 4) is 0 Å². The average Bonchev–Trinajstić information content (AvgIpc) is 3.08. The standard InChI is InChI=1S/C16H25N7O/c1-10-13(11(2)19-18-10)7-8-22(3)16(24)17-12-5-6-15-14(9-12)20-21-23(15)4/h5-6,9-11,13,18-19H,7-8H2,1-4H3,(H,17,24). The first-order chi connectivity index (χ1) is 11.5. The molecule has 24 heavy (non-hydrogen) atoms. The van der Waals surface area contributed by atoms with Crippen LogP contribution in [0.2, 0.25) is 0 Å². The van der Waals surface area contributed by atoms with Crippen molar-refractivity contribution in [3.05, 3.63) is 18.2 Å². The number of benzene rings is 1. The second kappa shape index (κ2) is 6.74. The minimum Gasteiger partial charge on any atom is -0.328 e. The van der Waals surface area contributed by atoms with Crippen LogP contribution in [-0.4, -0.2) is 51.6 Å². The Morgan fingerprint density at radius 2 is 2.04 bits per heavy atom. The predicted molar refractivity (Wildman–Crippen MR) is 93.5 cm³/mol. The maximum Gasteiger partial charge on any atom is 0.321 e. The van der Waals surface area contributed by atoms with Gasteiger partial charge in [-0.15, -0.1) is 5.10 Å². The molecule has 1 aromatic heterocycles. The summed E-state index contributed by atoms with van der Waals surface area (Å²) in [7, 11) is 3.66. The van der Waals surface area contributed by atoms with Crippen molar-refractivity contribution in [2.45, 2.75) is 32.4 Å². The SMILES string of the molecule is CC1NNC(C)C1CCN(C)C(=O)Nc1ccc2c(c1)nnn2C. The number of aromatic nitrogens is 3. The number of amides is 2. The molecule has 1 saturated heterocycles. The van der Waals surface area contributed by atoms with Crippen molar-refractivity contribution in [1.82, 2.24) is 30.7 Å². The van der Waals surface area contributed by atoms with Gasteiger partial charge >= 0.3 is 6.03 Å². The zero-order valence-electron chi connectivity index (χ0n) is 14.6. The van der Waals surface area contributed by atoms with Crippen LogP contribution in [0.1, 0.15) is 20.3 Å². The number of hydrazine groups is 1. The fourth-order valence-corrected chi connectivity index (χ4v) is 3.19. The molecular weight excluding hydrogens is 306 g/mol. The smallest absolute Gasteiger partial charge is 0.321 e. The molecule has 1 fully saturated rings. The van der Waals surface area contributed by atoms with Gasteiger partial charge in [0.1, 0.15) is 5.52 Å². The molecule has 0 spiro atoms. The van der Waals surface area contributed by atoms with Crippen LogP contribution in [0, 0.1) is 5.92 Å². The number of aryl methyl sites for hydroxylation is 1. The van der Waals surface area contributed by atoms with E-state index in [-0.39, 0.29) is 6.03 Å². The largest absolute Gasteiger partial charge is 0.328 e. The van der Waals surface area contributed by atoms with E-state index in [2.05, 4.69) is 40.3 Å². The Balaban J connectivity index is 1.56. The highest BCUT2D eigenvalue weighted by molar-refractivity contribution is 5.91. The van der Waals surface area contributed by atoms with Gasteiger partial charge in [-0.25, -0.2) is 9.48 Å². The quantitative estimate of drug-likeness (QED) is 0.787. The lowest BCUT2D eigenvalue weighted by Crippen LogP contribution is -2.35. The second-order valence-corrected chi connectivity index (χ2v) is 6.59. The highest BCUT2D eigenvalue weighted by atomic mass is 16.2. The lowest BCUT2D eigenvalue weighted by molar-refractivity contribution is 0.217. The number of nitrogens with one attached hydrogen (secondary N) is 3. The van der Waals surface area contributed by atoms with Gasteiger partial charge in [0, 0.05) is 38.4 Å². The van der Waals surface area contributed by atoms with E-state index in [0.29, 0.717) is 24.5 Å². The first-order valence-corrected chi connectivity index (χ1v) is 8.28. The Kier molecular flexibility index (Phi) is 4.68. The van der Waals surface area contributed by atoms with Gasteiger partial charge in [-0.3, -0.25) is 10.9 Å². The fraction of sp³-hybridized carbons (Fsp3) is 0.562. The van der Waals surface area contributed by atoms with Crippen molar-refractivity contribution < 1.29 is 4.79 Å². The van der Waals surface area contributed by atoms with E-state index in [1.807, 2.05) is 32.3 Å². The van der Waals surface area contributed by atoms with Crippen LogP contribution in [0.4, 0.5) is 10.5 Å². The molecule has 0 bridgehead atoms. The average molecular weight is 331 g/mol. The Bertz CT molecular complexity index is 718. The van der Waals surface area contributed by atoms with E-state index in [0.717, 1.165) is 23.1 Å². The third-order valence-electron chi connectivity index (χ3n) is 4.83. The molecule has 0 saturated carbocycles. The summed E-state index contributed by atoms with van der Waals surface area (Å²) in [6.07, 6.45) is 0.954. The fourth-order valence-electron chi connectivity index (χ4n) is 3.19. The molecular formula is C16H25N7O. The summed E-state index contributed by atoms with van der Waals surface area (Å²) in [5.41, 5.74) is 8.92. The summed E-state index contributed by atoms with van der Waals surface area (Å²) in [5.74, 6) is 0.510. The van der Waals surface area contributed by atoms with Crippen molar-refractivity contribution in [3.63, 3.8) is 0 Å². The minimum absolute atomic E-state index is 0.113. The molecule has 2 aromatic rings. The Morgan fingerprint density at radius 1 is 1.33 bits per heavy atom. The molecule has 2 amide bonds. The van der Waals surface area contributed by atoms with Crippen molar-refractivity contribution in [2.75, 3.05) is 18.9 Å². The summed E-state index contributed by atoms with van der Waals surface area (Å²) in [4.78, 5) is 14.1. The molecule has 1 aliphatic heterocycles. The molecule has 3 rings (SSSR count). The lowest BCUT2D eigenvalue weighted by Gasteiger charge is -2.23. The van der Waals surface area contributed by atoms with Gasteiger partial charge in [-0.05, 0) is 44.4 Å². The number of hydrogen-bond donors (Lipinski definition) is 3. The number of nitrogens with zero attached hydrogens (tertiary/aromatic N) is 4. The number of fused-ring (bicyclic) bond motifs is 1. The molecule has 2 atom stereocenters. The maximum atomic E-state index is 12.4. The van der Waals surface area contributed by atoms with Gasteiger partial charge in [-0.2, -0.15) is 0 Å². The first-order valence-electron chi connectivity index (χ1n) is 8.28. The van der Waals surface area contributed by atoms with E-state index in [9.17, 15) is 4.79 Å². The molecule has 1 aliphatic rings. The number of hydrogen-bond acceptors (Lipinski definition) is 5. The first kappa shape index (κ1) is 16.7. The topological polar surface area (TPSA) is 87.1 Å². The van der Waals surface area contributed by atoms with Gasteiger partial charge < -0.3 is 10.2 Å². The normalized spacial score (nSPS) is 23.6. The third kappa shape index (κ3) is 3.34. The van der Waals surface area contributed by atoms with Gasteiger partial charge in [-0.1, -0.05) is 5.21 Å². The third-order valence-corrected chi connectivity index (χ3v) is 4.83. The monoisotopic (exact) mass is 331 g/mol. The van der Waals surface area contributed by atoms with E-state index >= 15 is 0 Å². The summed E-state index contributed by atoms with van der Waals surface area (Å²) in [6, 6.07) is 6.32. The zero-order valence-corrected chi connectivity index (χ0v) is 14.6. The second-order valence-electron chi connectivity index (χ2n) is 6.59. The maximum absolute atomic E-state index is 12.4. The van der Waals surface area contributed by atoms with Crippen LogP contribution in [0.25, 0.3) is 11.0 Å². The summed E-state index contributed by atoms with van der Waals surface area (Å²) in [5, 5.41) is 11.0. The molecule has 8 nitrogen and oxygen atoms in total. The number of anilines is 1. The molecule has 0 radical (unpaired) electrons. The van der Waals surface area contributed by atoms with Crippen LogP contribution >= 0.6 is 0 Å². The van der Waals surface area contributed by atoms with E-state index in [4.69, 9.17) is 0 Å². The number of carbonyl (C=O) groups excluding carboxylic acids is 1. The Hall–Kier alpha value is -2.19. The molecule has 130 valence electrons. The molecule has 0 aliphatic carbocycles. The van der Waals surface area contributed by atoms with Crippen molar-refractivity contribution >= 4 is 22.8 Å². The van der Waals surface area contributed by atoms with E-state index in [1.54, 1.807) is 9.58 Å². The van der Waals surface area contributed by atoms with E-state index in [1.165, 1.54) is 0 Å². The van der Waals surface area contributed by atoms with Crippen LogP contribution in [0.3, 0.4) is 0 Å². The van der Waals surface area contributed by atoms with Crippen LogP contribution in [0.5, 0.6) is 0 Å². The molecule has 1 aromatic carbocycles. The zero-order chi connectivity index (χ0) is 17.3. The molecule has 2 unspecified atom stereocenters. The summed E-state index contributed by atoms with van der Waals surface area (Å²) in [6.45, 7) is 5.04. The van der Waals surface area contributed by atoms with Gasteiger partial charge in [0.05, 0.1) is 5.52 Å². The van der Waals surface area contributed by atoms with Gasteiger partial charge in [0.25, 0.3) is 0 Å². The summed E-state index contributed by atoms with van der Waals surface area (Å²) < 4.78 is 1.71. The number of carbonyl (C=O) groups is 1. The van der Waals surface area contributed by atoms with Gasteiger partial charge in [0.2, 0.25) is 0 Å². The molecule has 8 heteroatoms. The van der Waals surface area contributed by atoms with Gasteiger partial charge in [0.15, 0.2) is 0 Å². The van der Waals surface area contributed by atoms with Crippen LogP contribution in [-0.2, 0) is 7.05 Å². The molecule has 2 heterocycles. The van der Waals surface area contributed by atoms with Crippen molar-refractivity contribution in [1.29, 1.82) is 0 Å². The van der Waals surface area contributed by atoms with Crippen LogP contribution < -0.4 is 16.2 Å². The van der Waals surface area contributed by atoms with E-state index < -0.39 is 0 Å². The highest BCUT2D eigenvalue weighted by Crippen LogP contribution is 2.19. The number of rotatable bonds is 4. The Labute approximate surface area is 141 Å². The lowest BCUT2D eigenvalue weighted by atomic mass is 9.93. The minimum atomic E-state index is -0.113. The van der Waals surface area contributed by atoms with Crippen molar-refractivity contribution in [2.24, 2.45) is 13.0 Å². The predicted octanol–water partition coefficient (Wildman–Crippen LogP) is 1.32. The Morgan fingerprint density at radius 3 is 2.75 bits per heavy atom. The number of urea groups is 1. The highest BCUT2D eigenvalue weighted by Gasteiger charge is 2.29.